The molecular weight excluding hydrogens is 333 g/mol. The number of nitrogens with two attached hydrogens (primary N) is 1. The van der Waals surface area contributed by atoms with Crippen molar-refractivity contribution in [1.29, 1.82) is 0 Å². The van der Waals surface area contributed by atoms with E-state index in [9.17, 15) is 23.6 Å². The number of H-pyrrole nitrogens is 1. The molecule has 0 unspecified atom stereocenters. The van der Waals surface area contributed by atoms with Crippen molar-refractivity contribution in [2.45, 2.75) is 0 Å². The van der Waals surface area contributed by atoms with E-state index >= 15 is 0 Å². The summed E-state index contributed by atoms with van der Waals surface area (Å²) < 4.78 is 18.4. The summed E-state index contributed by atoms with van der Waals surface area (Å²) in [5.41, 5.74) is 3.95. The number of Topliss-reactive ketones (excluding diaryl/α,β-unsaturated/α-hetero) is 1. The molecule has 8 nitrogen and oxygen atoms in total. The average molecular weight is 347 g/mol. The van der Waals surface area contributed by atoms with Crippen LogP contribution in [0.1, 0.15) is 15.9 Å². The number of esters is 1. The van der Waals surface area contributed by atoms with Gasteiger partial charge in [-0.15, -0.1) is 0 Å². The zero-order chi connectivity index (χ0) is 18.6. The van der Waals surface area contributed by atoms with E-state index in [0.29, 0.717) is 5.56 Å². The van der Waals surface area contributed by atoms with Crippen LogP contribution >= 0.6 is 0 Å². The van der Waals surface area contributed by atoms with Gasteiger partial charge in [0.2, 0.25) is 5.78 Å². The standard InChI is InChI=1S/C16H14FN3O5/c1-20-14(18)13(15(23)19-16(20)24)11(21)8-25-12(22)7-4-9-2-5-10(17)6-3-9/h2-7H,8,18H2,1H3,(H,19,23,24)/b7-4+. The summed E-state index contributed by atoms with van der Waals surface area (Å²) in [6.07, 6.45) is 2.43. The Morgan fingerprint density at radius 3 is 2.56 bits per heavy atom. The minimum Gasteiger partial charge on any atom is -0.454 e. The second-order valence-corrected chi connectivity index (χ2v) is 4.99. The average Bonchev–Trinajstić information content (AvgIpc) is 2.57. The van der Waals surface area contributed by atoms with Crippen molar-refractivity contribution in [3.63, 3.8) is 0 Å². The van der Waals surface area contributed by atoms with Gasteiger partial charge in [0.05, 0.1) is 0 Å². The smallest absolute Gasteiger partial charge is 0.331 e. The van der Waals surface area contributed by atoms with Crippen molar-refractivity contribution in [2.75, 3.05) is 12.3 Å². The minimum atomic E-state index is -0.955. The fraction of sp³-hybridized carbons (Fsp3) is 0.125. The molecule has 25 heavy (non-hydrogen) atoms. The number of carbonyl (C=O) groups excluding carboxylic acids is 2. The number of halogens is 1. The Labute approximate surface area is 140 Å². The molecule has 0 bridgehead atoms. The maximum Gasteiger partial charge on any atom is 0.331 e. The van der Waals surface area contributed by atoms with E-state index in [2.05, 4.69) is 0 Å². The van der Waals surface area contributed by atoms with E-state index in [1.54, 1.807) is 0 Å². The van der Waals surface area contributed by atoms with E-state index in [1.165, 1.54) is 37.4 Å². The van der Waals surface area contributed by atoms with Crippen LogP contribution in [0.2, 0.25) is 0 Å². The molecule has 1 aromatic carbocycles. The lowest BCUT2D eigenvalue weighted by Gasteiger charge is -2.07. The predicted octanol–water partition coefficient (Wildman–Crippen LogP) is 0.234. The highest BCUT2D eigenvalue weighted by atomic mass is 19.1. The van der Waals surface area contributed by atoms with Gasteiger partial charge in [-0.25, -0.2) is 14.0 Å². The van der Waals surface area contributed by atoms with Gasteiger partial charge in [-0.05, 0) is 23.8 Å². The van der Waals surface area contributed by atoms with Crippen LogP contribution in [0, 0.1) is 5.82 Å². The van der Waals surface area contributed by atoms with Crippen LogP contribution in [0.4, 0.5) is 10.2 Å². The Bertz CT molecular complexity index is 957. The zero-order valence-electron chi connectivity index (χ0n) is 13.1. The minimum absolute atomic E-state index is 0.323. The number of ketones is 1. The topological polar surface area (TPSA) is 124 Å². The number of hydrogen-bond donors (Lipinski definition) is 2. The summed E-state index contributed by atoms with van der Waals surface area (Å²) in [6, 6.07) is 5.36. The lowest BCUT2D eigenvalue weighted by Crippen LogP contribution is -2.35. The predicted molar refractivity (Wildman–Crippen MR) is 87.4 cm³/mol. The summed E-state index contributed by atoms with van der Waals surface area (Å²) in [6.45, 7) is -0.724. The molecule has 3 N–H and O–H groups in total. The molecule has 9 heteroatoms. The number of benzene rings is 1. The van der Waals surface area contributed by atoms with Gasteiger partial charge in [0.1, 0.15) is 17.2 Å². The highest BCUT2D eigenvalue weighted by molar-refractivity contribution is 6.01. The second kappa shape index (κ2) is 7.39. The van der Waals surface area contributed by atoms with Gasteiger partial charge in [-0.3, -0.25) is 19.1 Å². The molecule has 0 atom stereocenters. The Hall–Kier alpha value is -3.49. The van der Waals surface area contributed by atoms with Crippen molar-refractivity contribution in [2.24, 2.45) is 7.05 Å². The van der Waals surface area contributed by atoms with Gasteiger partial charge in [0.25, 0.3) is 5.56 Å². The van der Waals surface area contributed by atoms with E-state index in [0.717, 1.165) is 10.6 Å². The van der Waals surface area contributed by atoms with Crippen LogP contribution in [0.3, 0.4) is 0 Å². The lowest BCUT2D eigenvalue weighted by atomic mass is 10.2. The van der Waals surface area contributed by atoms with Gasteiger partial charge in [-0.2, -0.15) is 0 Å². The van der Waals surface area contributed by atoms with Crippen LogP contribution in [0.15, 0.2) is 39.9 Å². The summed E-state index contributed by atoms with van der Waals surface area (Å²) in [7, 11) is 1.28. The largest absolute Gasteiger partial charge is 0.454 e. The number of rotatable bonds is 5. The van der Waals surface area contributed by atoms with Crippen LogP contribution in [0.5, 0.6) is 0 Å². The second-order valence-electron chi connectivity index (χ2n) is 4.99. The van der Waals surface area contributed by atoms with E-state index in [1.807, 2.05) is 4.98 Å². The number of nitrogen functional groups attached to an aromatic ring is 1. The van der Waals surface area contributed by atoms with Crippen molar-refractivity contribution in [3.8, 4) is 0 Å². The number of nitrogens with zero attached hydrogens (tertiary/aromatic N) is 1. The maximum absolute atomic E-state index is 12.8. The Balaban J connectivity index is 2.04. The molecule has 0 amide bonds. The third kappa shape index (κ3) is 4.28. The fourth-order valence-electron chi connectivity index (χ4n) is 1.90. The molecule has 130 valence electrons. The first kappa shape index (κ1) is 17.9. The molecule has 2 aromatic rings. The van der Waals surface area contributed by atoms with Crippen molar-refractivity contribution in [3.05, 3.63) is 68.1 Å². The van der Waals surface area contributed by atoms with Crippen molar-refractivity contribution in [1.82, 2.24) is 9.55 Å². The number of nitrogens with one attached hydrogen (secondary N) is 1. The summed E-state index contributed by atoms with van der Waals surface area (Å²) in [5, 5.41) is 0. The molecule has 1 heterocycles. The Morgan fingerprint density at radius 1 is 1.28 bits per heavy atom. The lowest BCUT2D eigenvalue weighted by molar-refractivity contribution is -0.136. The molecule has 1 aromatic heterocycles. The third-order valence-electron chi connectivity index (χ3n) is 3.28. The number of ether oxygens (including phenoxy) is 1. The highest BCUT2D eigenvalue weighted by Crippen LogP contribution is 2.06. The van der Waals surface area contributed by atoms with Crippen LogP contribution < -0.4 is 17.0 Å². The zero-order valence-corrected chi connectivity index (χ0v) is 13.1. The fourth-order valence-corrected chi connectivity index (χ4v) is 1.90. The molecule has 0 fully saturated rings. The van der Waals surface area contributed by atoms with Gasteiger partial charge < -0.3 is 10.5 Å². The number of anilines is 1. The van der Waals surface area contributed by atoms with Gasteiger partial charge in [0, 0.05) is 13.1 Å². The van der Waals surface area contributed by atoms with Crippen LogP contribution in [0.25, 0.3) is 6.08 Å². The first-order chi connectivity index (χ1) is 11.8. The van der Waals surface area contributed by atoms with Gasteiger partial charge >= 0.3 is 11.7 Å². The summed E-state index contributed by atoms with van der Waals surface area (Å²) >= 11 is 0. The third-order valence-corrected chi connectivity index (χ3v) is 3.28. The van der Waals surface area contributed by atoms with E-state index in [-0.39, 0.29) is 5.82 Å². The SMILES string of the molecule is Cn1c(N)c(C(=O)COC(=O)/C=C/c2ccc(F)cc2)c(=O)[nH]c1=O. The van der Waals surface area contributed by atoms with E-state index < -0.39 is 41.0 Å². The quantitative estimate of drug-likeness (QED) is 0.453. The van der Waals surface area contributed by atoms with Gasteiger partial charge in [-0.1, -0.05) is 12.1 Å². The van der Waals surface area contributed by atoms with Crippen molar-refractivity contribution >= 4 is 23.6 Å². The first-order valence-electron chi connectivity index (χ1n) is 7.02. The molecule has 0 aliphatic rings. The molecule has 0 aliphatic carbocycles. The van der Waals surface area contributed by atoms with Crippen molar-refractivity contribution < 1.29 is 18.7 Å². The molecule has 0 spiro atoms. The normalized spacial score (nSPS) is 10.8. The first-order valence-corrected chi connectivity index (χ1v) is 7.02. The Morgan fingerprint density at radius 2 is 1.92 bits per heavy atom. The highest BCUT2D eigenvalue weighted by Gasteiger charge is 2.19. The molecule has 0 aliphatic heterocycles. The van der Waals surface area contributed by atoms with E-state index in [4.69, 9.17) is 10.5 Å². The van der Waals surface area contributed by atoms with Gasteiger partial charge in [0.15, 0.2) is 6.61 Å². The molecule has 2 rings (SSSR count). The number of carbonyl (C=O) groups is 2. The molecule has 0 saturated carbocycles. The van der Waals surface area contributed by atoms with Crippen LogP contribution in [-0.2, 0) is 16.6 Å². The molecule has 0 radical (unpaired) electrons. The monoisotopic (exact) mass is 347 g/mol. The maximum atomic E-state index is 12.8. The summed E-state index contributed by atoms with van der Waals surface area (Å²) in [4.78, 5) is 48.6. The van der Waals surface area contributed by atoms with Crippen LogP contribution in [-0.4, -0.2) is 27.9 Å². The molecular formula is C16H14FN3O5. The number of aromatic nitrogens is 2. The number of aromatic amines is 1. The summed E-state index contributed by atoms with van der Waals surface area (Å²) in [5.74, 6) is -2.42. The number of hydrogen-bond acceptors (Lipinski definition) is 6. The molecule has 0 saturated heterocycles. The Kier molecular flexibility index (Phi) is 5.28.